The molecule has 0 bridgehead atoms. The molecular weight excluding hydrogens is 226 g/mol. The van der Waals surface area contributed by atoms with Gasteiger partial charge >= 0.3 is 12.0 Å². The van der Waals surface area contributed by atoms with E-state index in [0.29, 0.717) is 19.4 Å². The Bertz CT molecular complexity index is 281. The molecule has 0 heterocycles. The van der Waals surface area contributed by atoms with E-state index >= 15 is 0 Å². The number of nitrogens with one attached hydrogen (secondary N) is 3. The molecule has 1 atom stereocenters. The Hall–Kier alpha value is -1.79. The van der Waals surface area contributed by atoms with Gasteiger partial charge in [-0.25, -0.2) is 9.59 Å². The van der Waals surface area contributed by atoms with Crippen LogP contribution in [0.25, 0.3) is 0 Å². The van der Waals surface area contributed by atoms with Crippen LogP contribution in [-0.2, 0) is 9.59 Å². The predicted octanol–water partition coefficient (Wildman–Crippen LogP) is -0.325. The van der Waals surface area contributed by atoms with Crippen LogP contribution in [0.4, 0.5) is 4.79 Å². The average molecular weight is 245 g/mol. The SMILES string of the molecule is CCCC(NC(=O)NCC(=O)NCC)C(=O)O. The molecule has 0 aromatic heterocycles. The largest absolute Gasteiger partial charge is 0.480 e. The van der Waals surface area contributed by atoms with Gasteiger partial charge in [0, 0.05) is 6.54 Å². The molecule has 0 aliphatic rings. The summed E-state index contributed by atoms with van der Waals surface area (Å²) < 4.78 is 0. The van der Waals surface area contributed by atoms with E-state index < -0.39 is 18.0 Å². The molecule has 0 fully saturated rings. The Labute approximate surface area is 100.0 Å². The fourth-order valence-electron chi connectivity index (χ4n) is 1.18. The molecule has 98 valence electrons. The number of carboxylic acid groups (broad SMARTS) is 1. The van der Waals surface area contributed by atoms with Crippen molar-refractivity contribution in [1.82, 2.24) is 16.0 Å². The highest BCUT2D eigenvalue weighted by Crippen LogP contribution is 1.96. The number of rotatable bonds is 7. The zero-order valence-electron chi connectivity index (χ0n) is 10.1. The molecule has 7 heteroatoms. The highest BCUT2D eigenvalue weighted by atomic mass is 16.4. The minimum absolute atomic E-state index is 0.169. The molecule has 3 amide bonds. The van der Waals surface area contributed by atoms with E-state index in [0.717, 1.165) is 0 Å². The van der Waals surface area contributed by atoms with Crippen molar-refractivity contribution in [2.75, 3.05) is 13.1 Å². The lowest BCUT2D eigenvalue weighted by molar-refractivity contribution is -0.139. The lowest BCUT2D eigenvalue weighted by Crippen LogP contribution is -2.48. The number of urea groups is 1. The summed E-state index contributed by atoms with van der Waals surface area (Å²) in [6.45, 7) is 3.90. The van der Waals surface area contributed by atoms with Crippen LogP contribution in [0.3, 0.4) is 0 Å². The van der Waals surface area contributed by atoms with Gasteiger partial charge in [-0.15, -0.1) is 0 Å². The van der Waals surface area contributed by atoms with Crippen LogP contribution in [0.5, 0.6) is 0 Å². The predicted molar refractivity (Wildman–Crippen MR) is 61.5 cm³/mol. The summed E-state index contributed by atoms with van der Waals surface area (Å²) >= 11 is 0. The number of likely N-dealkylation sites (N-methyl/N-ethyl adjacent to an activating group) is 1. The lowest BCUT2D eigenvalue weighted by atomic mass is 10.2. The third-order valence-corrected chi connectivity index (χ3v) is 1.96. The summed E-state index contributed by atoms with van der Waals surface area (Å²) in [7, 11) is 0. The van der Waals surface area contributed by atoms with Crippen molar-refractivity contribution in [3.05, 3.63) is 0 Å². The van der Waals surface area contributed by atoms with Crippen LogP contribution < -0.4 is 16.0 Å². The van der Waals surface area contributed by atoms with Crippen molar-refractivity contribution in [2.45, 2.75) is 32.7 Å². The van der Waals surface area contributed by atoms with Crippen molar-refractivity contribution in [3.63, 3.8) is 0 Å². The molecule has 0 aliphatic heterocycles. The Morgan fingerprint density at radius 3 is 2.29 bits per heavy atom. The maximum absolute atomic E-state index is 11.3. The first kappa shape index (κ1) is 15.2. The van der Waals surface area contributed by atoms with Crippen LogP contribution in [0.2, 0.25) is 0 Å². The number of carbonyl (C=O) groups excluding carboxylic acids is 2. The molecule has 1 unspecified atom stereocenters. The van der Waals surface area contributed by atoms with Crippen molar-refractivity contribution in [3.8, 4) is 0 Å². The van der Waals surface area contributed by atoms with E-state index in [2.05, 4.69) is 16.0 Å². The first-order chi connectivity index (χ1) is 8.01. The topological polar surface area (TPSA) is 108 Å². The third-order valence-electron chi connectivity index (χ3n) is 1.96. The lowest BCUT2D eigenvalue weighted by Gasteiger charge is -2.14. The zero-order chi connectivity index (χ0) is 13.3. The Morgan fingerprint density at radius 1 is 1.18 bits per heavy atom. The molecule has 17 heavy (non-hydrogen) atoms. The van der Waals surface area contributed by atoms with Crippen molar-refractivity contribution >= 4 is 17.9 Å². The molecule has 0 aromatic carbocycles. The van der Waals surface area contributed by atoms with Gasteiger partial charge in [-0.05, 0) is 13.3 Å². The monoisotopic (exact) mass is 245 g/mol. The third kappa shape index (κ3) is 7.15. The van der Waals surface area contributed by atoms with E-state index in [1.54, 1.807) is 6.92 Å². The van der Waals surface area contributed by atoms with Crippen LogP contribution >= 0.6 is 0 Å². The number of carbonyl (C=O) groups is 3. The molecule has 7 nitrogen and oxygen atoms in total. The number of amides is 3. The number of hydrogen-bond donors (Lipinski definition) is 4. The van der Waals surface area contributed by atoms with Gasteiger partial charge in [0.1, 0.15) is 6.04 Å². The summed E-state index contributed by atoms with van der Waals surface area (Å²) in [5.41, 5.74) is 0. The Balaban J connectivity index is 3.98. The van der Waals surface area contributed by atoms with Gasteiger partial charge in [-0.2, -0.15) is 0 Å². The van der Waals surface area contributed by atoms with Crippen LogP contribution in [0, 0.1) is 0 Å². The minimum Gasteiger partial charge on any atom is -0.480 e. The highest BCUT2D eigenvalue weighted by molar-refractivity contribution is 5.86. The summed E-state index contributed by atoms with van der Waals surface area (Å²) in [5.74, 6) is -1.40. The van der Waals surface area contributed by atoms with Gasteiger partial charge in [0.15, 0.2) is 0 Å². The maximum Gasteiger partial charge on any atom is 0.326 e. The normalized spacial score (nSPS) is 11.4. The van der Waals surface area contributed by atoms with Crippen LogP contribution in [0.1, 0.15) is 26.7 Å². The fourth-order valence-corrected chi connectivity index (χ4v) is 1.18. The second kappa shape index (κ2) is 8.37. The van der Waals surface area contributed by atoms with E-state index in [1.807, 2.05) is 6.92 Å². The molecule has 4 N–H and O–H groups in total. The van der Waals surface area contributed by atoms with Gasteiger partial charge < -0.3 is 21.1 Å². The molecule has 0 radical (unpaired) electrons. The summed E-state index contributed by atoms with van der Waals surface area (Å²) in [5, 5.41) is 15.9. The molecule has 0 saturated carbocycles. The smallest absolute Gasteiger partial charge is 0.326 e. The van der Waals surface area contributed by atoms with Crippen molar-refractivity contribution in [2.24, 2.45) is 0 Å². The van der Waals surface area contributed by atoms with Crippen molar-refractivity contribution in [1.29, 1.82) is 0 Å². The van der Waals surface area contributed by atoms with E-state index in [-0.39, 0.29) is 12.5 Å². The van der Waals surface area contributed by atoms with Crippen LogP contribution in [-0.4, -0.2) is 42.1 Å². The van der Waals surface area contributed by atoms with E-state index in [1.165, 1.54) is 0 Å². The van der Waals surface area contributed by atoms with E-state index in [4.69, 9.17) is 5.11 Å². The van der Waals surface area contributed by atoms with E-state index in [9.17, 15) is 14.4 Å². The highest BCUT2D eigenvalue weighted by Gasteiger charge is 2.18. The van der Waals surface area contributed by atoms with Gasteiger partial charge in [0.25, 0.3) is 0 Å². The van der Waals surface area contributed by atoms with Gasteiger partial charge in [0.05, 0.1) is 6.54 Å². The second-order valence-electron chi connectivity index (χ2n) is 3.46. The van der Waals surface area contributed by atoms with Crippen molar-refractivity contribution < 1.29 is 19.5 Å². The molecule has 0 spiro atoms. The van der Waals surface area contributed by atoms with Gasteiger partial charge in [-0.1, -0.05) is 13.3 Å². The van der Waals surface area contributed by atoms with Gasteiger partial charge in [-0.3, -0.25) is 4.79 Å². The molecule has 0 aliphatic carbocycles. The first-order valence-electron chi connectivity index (χ1n) is 5.55. The number of hydrogen-bond acceptors (Lipinski definition) is 3. The Kier molecular flexibility index (Phi) is 7.49. The number of carboxylic acids is 1. The second-order valence-corrected chi connectivity index (χ2v) is 3.46. The van der Waals surface area contributed by atoms with Gasteiger partial charge in [0.2, 0.25) is 5.91 Å². The molecule has 0 rings (SSSR count). The maximum atomic E-state index is 11.3. The summed E-state index contributed by atoms with van der Waals surface area (Å²) in [6, 6.07) is -1.58. The average Bonchev–Trinajstić information content (AvgIpc) is 2.26. The first-order valence-corrected chi connectivity index (χ1v) is 5.55. The molecule has 0 saturated heterocycles. The molecule has 0 aromatic rings. The summed E-state index contributed by atoms with van der Waals surface area (Å²) in [4.78, 5) is 33.0. The molecular formula is C10H19N3O4. The van der Waals surface area contributed by atoms with Crippen LogP contribution in [0.15, 0.2) is 0 Å². The minimum atomic E-state index is -1.08. The summed E-state index contributed by atoms with van der Waals surface area (Å²) in [6.07, 6.45) is 0.997. The number of aliphatic carboxylic acids is 1. The zero-order valence-corrected chi connectivity index (χ0v) is 10.1. The fraction of sp³-hybridized carbons (Fsp3) is 0.700. The standard InChI is InChI=1S/C10H19N3O4/c1-3-5-7(9(15)16)13-10(17)12-6-8(14)11-4-2/h7H,3-6H2,1-2H3,(H,11,14)(H,15,16)(H2,12,13,17). The quantitative estimate of drug-likeness (QED) is 0.492. The Morgan fingerprint density at radius 2 is 1.82 bits per heavy atom.